The van der Waals surface area contributed by atoms with Gasteiger partial charge in [-0.3, -0.25) is 4.79 Å². The molecule has 4 heteroatoms. The summed E-state index contributed by atoms with van der Waals surface area (Å²) >= 11 is 3.45. The van der Waals surface area contributed by atoms with Gasteiger partial charge in [0.2, 0.25) is 0 Å². The van der Waals surface area contributed by atoms with Crippen molar-refractivity contribution >= 4 is 21.9 Å². The van der Waals surface area contributed by atoms with Crippen molar-refractivity contribution in [3.05, 3.63) is 34.3 Å². The second-order valence-electron chi connectivity index (χ2n) is 4.64. The molecule has 1 aromatic rings. The number of benzene rings is 1. The molecule has 1 saturated heterocycles. The minimum absolute atomic E-state index is 0.153. The van der Waals surface area contributed by atoms with Gasteiger partial charge in [0.25, 0.3) is 0 Å². The summed E-state index contributed by atoms with van der Waals surface area (Å²) in [7, 11) is 1.46. The van der Waals surface area contributed by atoms with Gasteiger partial charge in [-0.25, -0.2) is 0 Å². The van der Waals surface area contributed by atoms with Crippen LogP contribution in [0.15, 0.2) is 28.7 Å². The number of halogens is 1. The summed E-state index contributed by atoms with van der Waals surface area (Å²) in [5, 5.41) is 0. The fourth-order valence-electron chi connectivity index (χ4n) is 2.41. The molecule has 0 amide bonds. The SMILES string of the molecule is COC(=O)C(CN1CCCC1)c1cccc(Br)c1. The summed E-state index contributed by atoms with van der Waals surface area (Å²) in [6.45, 7) is 2.92. The van der Waals surface area contributed by atoms with Gasteiger partial charge in [0, 0.05) is 11.0 Å². The number of hydrogen-bond acceptors (Lipinski definition) is 3. The van der Waals surface area contributed by atoms with Crippen LogP contribution in [0.2, 0.25) is 0 Å². The Labute approximate surface area is 116 Å². The molecule has 1 fully saturated rings. The molecule has 0 saturated carbocycles. The maximum Gasteiger partial charge on any atom is 0.314 e. The van der Waals surface area contributed by atoms with Crippen molar-refractivity contribution in [2.75, 3.05) is 26.7 Å². The third-order valence-electron chi connectivity index (χ3n) is 3.38. The van der Waals surface area contributed by atoms with E-state index < -0.39 is 0 Å². The van der Waals surface area contributed by atoms with E-state index in [4.69, 9.17) is 4.74 Å². The zero-order valence-corrected chi connectivity index (χ0v) is 12.1. The monoisotopic (exact) mass is 311 g/mol. The van der Waals surface area contributed by atoms with Crippen LogP contribution in [-0.2, 0) is 9.53 Å². The zero-order chi connectivity index (χ0) is 13.0. The van der Waals surface area contributed by atoms with Gasteiger partial charge in [-0.15, -0.1) is 0 Å². The van der Waals surface area contributed by atoms with E-state index in [9.17, 15) is 4.79 Å². The van der Waals surface area contributed by atoms with Crippen LogP contribution >= 0.6 is 15.9 Å². The highest BCUT2D eigenvalue weighted by Crippen LogP contribution is 2.23. The van der Waals surface area contributed by atoms with Crippen LogP contribution in [0.4, 0.5) is 0 Å². The number of nitrogens with zero attached hydrogens (tertiary/aromatic N) is 1. The molecular formula is C14H18BrNO2. The van der Waals surface area contributed by atoms with E-state index >= 15 is 0 Å². The molecule has 1 aliphatic rings. The molecule has 1 aliphatic heterocycles. The molecule has 0 spiro atoms. The molecule has 18 heavy (non-hydrogen) atoms. The lowest BCUT2D eigenvalue weighted by molar-refractivity contribution is -0.142. The lowest BCUT2D eigenvalue weighted by atomic mass is 9.99. The number of carbonyl (C=O) groups excluding carboxylic acids is 1. The van der Waals surface area contributed by atoms with E-state index in [2.05, 4.69) is 20.8 Å². The summed E-state index contributed by atoms with van der Waals surface area (Å²) in [4.78, 5) is 14.3. The van der Waals surface area contributed by atoms with Crippen LogP contribution < -0.4 is 0 Å². The molecule has 0 bridgehead atoms. The van der Waals surface area contributed by atoms with Crippen molar-refractivity contribution in [3.8, 4) is 0 Å². The first-order chi connectivity index (χ1) is 8.70. The number of likely N-dealkylation sites (tertiary alicyclic amines) is 1. The summed E-state index contributed by atoms with van der Waals surface area (Å²) in [6, 6.07) is 7.91. The first-order valence-electron chi connectivity index (χ1n) is 6.26. The summed E-state index contributed by atoms with van der Waals surface area (Å²) in [6.07, 6.45) is 2.46. The largest absolute Gasteiger partial charge is 0.469 e. The van der Waals surface area contributed by atoms with Crippen molar-refractivity contribution in [1.82, 2.24) is 4.90 Å². The van der Waals surface area contributed by atoms with E-state index in [1.54, 1.807) is 0 Å². The van der Waals surface area contributed by atoms with E-state index in [-0.39, 0.29) is 11.9 Å². The molecule has 1 heterocycles. The van der Waals surface area contributed by atoms with Gasteiger partial charge in [-0.1, -0.05) is 28.1 Å². The minimum atomic E-state index is -0.189. The van der Waals surface area contributed by atoms with Crippen LogP contribution in [0.3, 0.4) is 0 Å². The standard InChI is InChI=1S/C14H18BrNO2/c1-18-14(17)13(10-16-7-2-3-8-16)11-5-4-6-12(15)9-11/h4-6,9,13H,2-3,7-8,10H2,1H3. The van der Waals surface area contributed by atoms with Gasteiger partial charge < -0.3 is 9.64 Å². The molecule has 1 unspecified atom stereocenters. The number of esters is 1. The van der Waals surface area contributed by atoms with Crippen molar-refractivity contribution in [1.29, 1.82) is 0 Å². The van der Waals surface area contributed by atoms with Gasteiger partial charge in [0.05, 0.1) is 13.0 Å². The molecular weight excluding hydrogens is 294 g/mol. The van der Waals surface area contributed by atoms with Gasteiger partial charge in [-0.05, 0) is 43.6 Å². The zero-order valence-electron chi connectivity index (χ0n) is 10.6. The summed E-state index contributed by atoms with van der Waals surface area (Å²) in [5.41, 5.74) is 1.02. The summed E-state index contributed by atoms with van der Waals surface area (Å²) in [5.74, 6) is -0.342. The Balaban J connectivity index is 2.16. The second kappa shape index (κ2) is 6.34. The molecule has 1 atom stereocenters. The smallest absolute Gasteiger partial charge is 0.314 e. The third kappa shape index (κ3) is 3.33. The van der Waals surface area contributed by atoms with Gasteiger partial charge in [-0.2, -0.15) is 0 Å². The van der Waals surface area contributed by atoms with E-state index in [0.717, 1.165) is 29.7 Å². The highest BCUT2D eigenvalue weighted by Gasteiger charge is 2.25. The van der Waals surface area contributed by atoms with Gasteiger partial charge in [0.1, 0.15) is 0 Å². The van der Waals surface area contributed by atoms with E-state index in [1.807, 2.05) is 24.3 Å². The Bertz CT molecular complexity index is 416. The Morgan fingerprint density at radius 2 is 2.17 bits per heavy atom. The van der Waals surface area contributed by atoms with Crippen LogP contribution in [0.1, 0.15) is 24.3 Å². The van der Waals surface area contributed by atoms with Crippen molar-refractivity contribution in [2.45, 2.75) is 18.8 Å². The number of hydrogen-bond donors (Lipinski definition) is 0. The molecule has 2 rings (SSSR count). The number of ether oxygens (including phenoxy) is 1. The van der Waals surface area contributed by atoms with Gasteiger partial charge >= 0.3 is 5.97 Å². The normalized spacial score (nSPS) is 17.7. The Hall–Kier alpha value is -0.870. The number of carbonyl (C=O) groups is 1. The fraction of sp³-hybridized carbons (Fsp3) is 0.500. The fourth-order valence-corrected chi connectivity index (χ4v) is 2.82. The summed E-state index contributed by atoms with van der Waals surface area (Å²) < 4.78 is 5.93. The molecule has 3 nitrogen and oxygen atoms in total. The number of methoxy groups -OCH3 is 1. The molecule has 0 N–H and O–H groups in total. The van der Waals surface area contributed by atoms with E-state index in [0.29, 0.717) is 0 Å². The second-order valence-corrected chi connectivity index (χ2v) is 5.55. The highest BCUT2D eigenvalue weighted by molar-refractivity contribution is 9.10. The molecule has 0 aliphatic carbocycles. The quantitative estimate of drug-likeness (QED) is 0.801. The first-order valence-corrected chi connectivity index (χ1v) is 7.05. The maximum absolute atomic E-state index is 11.9. The number of rotatable bonds is 4. The molecule has 0 aromatic heterocycles. The van der Waals surface area contributed by atoms with E-state index in [1.165, 1.54) is 20.0 Å². The van der Waals surface area contributed by atoms with Crippen LogP contribution in [-0.4, -0.2) is 37.6 Å². The Morgan fingerprint density at radius 3 is 2.78 bits per heavy atom. The predicted molar refractivity (Wildman–Crippen MR) is 74.6 cm³/mol. The lowest BCUT2D eigenvalue weighted by Crippen LogP contribution is -2.30. The Morgan fingerprint density at radius 1 is 1.44 bits per heavy atom. The van der Waals surface area contributed by atoms with Crippen molar-refractivity contribution in [3.63, 3.8) is 0 Å². The average Bonchev–Trinajstić information content (AvgIpc) is 2.88. The molecule has 0 radical (unpaired) electrons. The Kier molecular flexibility index (Phi) is 4.78. The molecule has 98 valence electrons. The van der Waals surface area contributed by atoms with Crippen molar-refractivity contribution in [2.24, 2.45) is 0 Å². The molecule has 1 aromatic carbocycles. The predicted octanol–water partition coefficient (Wildman–Crippen LogP) is 2.80. The van der Waals surface area contributed by atoms with Crippen LogP contribution in [0.25, 0.3) is 0 Å². The first kappa shape index (κ1) is 13.6. The highest BCUT2D eigenvalue weighted by atomic mass is 79.9. The van der Waals surface area contributed by atoms with Crippen molar-refractivity contribution < 1.29 is 9.53 Å². The third-order valence-corrected chi connectivity index (χ3v) is 3.87. The maximum atomic E-state index is 11.9. The average molecular weight is 312 g/mol. The van der Waals surface area contributed by atoms with Gasteiger partial charge in [0.15, 0.2) is 0 Å². The van der Waals surface area contributed by atoms with Crippen LogP contribution in [0.5, 0.6) is 0 Å². The van der Waals surface area contributed by atoms with Crippen LogP contribution in [0, 0.1) is 0 Å². The lowest BCUT2D eigenvalue weighted by Gasteiger charge is -2.22. The topological polar surface area (TPSA) is 29.5 Å². The minimum Gasteiger partial charge on any atom is -0.469 e.